The maximum Gasteiger partial charge on any atom is 0.143 e. The van der Waals surface area contributed by atoms with Gasteiger partial charge in [-0.25, -0.2) is 0 Å². The summed E-state index contributed by atoms with van der Waals surface area (Å²) >= 11 is 0. The standard InChI is InChI=1S/C20H21N3O/c1-12-16-9-8-15-17(13-6-4-3-5-7-13)22-23-19(15)20(16,2)10-14-11-21-24-18(12)14/h3-7,11-12,16H,8-10H2,1-2H3,(H,22,23)/t12-,16-,20-/m0/s1. The third kappa shape index (κ3) is 1.74. The zero-order chi connectivity index (χ0) is 16.3. The molecular formula is C20H21N3O. The summed E-state index contributed by atoms with van der Waals surface area (Å²) in [6.07, 6.45) is 5.12. The SMILES string of the molecule is C[C@@H]1c2oncc2C[C@]2(C)c3[nH]nc(-c4ccccc4)c3CC[C@@H]12. The molecule has 0 saturated heterocycles. The molecule has 0 radical (unpaired) electrons. The second-order valence-corrected chi connectivity index (χ2v) is 7.54. The predicted molar refractivity (Wildman–Crippen MR) is 91.8 cm³/mol. The first kappa shape index (κ1) is 14.0. The van der Waals surface area contributed by atoms with E-state index in [0.717, 1.165) is 24.3 Å². The van der Waals surface area contributed by atoms with E-state index < -0.39 is 0 Å². The van der Waals surface area contributed by atoms with Gasteiger partial charge in [0, 0.05) is 33.7 Å². The van der Waals surface area contributed by atoms with Crippen molar-refractivity contribution in [1.82, 2.24) is 15.4 Å². The highest BCUT2D eigenvalue weighted by atomic mass is 16.5. The van der Waals surface area contributed by atoms with Gasteiger partial charge in [0.2, 0.25) is 0 Å². The summed E-state index contributed by atoms with van der Waals surface area (Å²) < 4.78 is 5.55. The zero-order valence-corrected chi connectivity index (χ0v) is 14.0. The predicted octanol–water partition coefficient (Wildman–Crippen LogP) is 4.24. The van der Waals surface area contributed by atoms with Gasteiger partial charge < -0.3 is 4.52 Å². The summed E-state index contributed by atoms with van der Waals surface area (Å²) in [5.41, 5.74) is 6.36. The minimum atomic E-state index is 0.0750. The fourth-order valence-corrected chi connectivity index (χ4v) is 5.10. The van der Waals surface area contributed by atoms with Crippen LogP contribution in [0.1, 0.15) is 48.8 Å². The number of hydrogen-bond acceptors (Lipinski definition) is 3. The van der Waals surface area contributed by atoms with Gasteiger partial charge in [0.15, 0.2) is 0 Å². The first-order valence-corrected chi connectivity index (χ1v) is 8.75. The van der Waals surface area contributed by atoms with Crippen molar-refractivity contribution in [2.45, 2.75) is 44.4 Å². The maximum atomic E-state index is 5.55. The van der Waals surface area contributed by atoms with Crippen LogP contribution in [0.5, 0.6) is 0 Å². The third-order valence-corrected chi connectivity index (χ3v) is 6.26. The molecule has 0 amide bonds. The molecule has 1 aromatic carbocycles. The number of aromatic nitrogens is 3. The Bertz CT molecular complexity index is 895. The summed E-state index contributed by atoms with van der Waals surface area (Å²) in [4.78, 5) is 0. The summed E-state index contributed by atoms with van der Waals surface area (Å²) in [5.74, 6) is 2.05. The molecule has 2 aliphatic carbocycles. The average Bonchev–Trinajstić information content (AvgIpc) is 3.22. The fraction of sp³-hybridized carbons (Fsp3) is 0.400. The van der Waals surface area contributed by atoms with Crippen molar-refractivity contribution in [1.29, 1.82) is 0 Å². The Morgan fingerprint density at radius 2 is 2.08 bits per heavy atom. The molecule has 0 fully saturated rings. The lowest BCUT2D eigenvalue weighted by Crippen LogP contribution is -2.44. The number of aromatic amines is 1. The quantitative estimate of drug-likeness (QED) is 0.729. The van der Waals surface area contributed by atoms with Crippen LogP contribution in [0.3, 0.4) is 0 Å². The number of rotatable bonds is 1. The molecule has 2 aliphatic rings. The van der Waals surface area contributed by atoms with Crippen molar-refractivity contribution in [2.75, 3.05) is 0 Å². The van der Waals surface area contributed by atoms with E-state index in [1.165, 1.54) is 28.8 Å². The molecule has 3 atom stereocenters. The van der Waals surface area contributed by atoms with Gasteiger partial charge in [-0.05, 0) is 25.2 Å². The van der Waals surface area contributed by atoms with Gasteiger partial charge in [-0.3, -0.25) is 5.10 Å². The van der Waals surface area contributed by atoms with Gasteiger partial charge >= 0.3 is 0 Å². The Hall–Kier alpha value is -2.36. The molecule has 1 N–H and O–H groups in total. The molecule has 0 unspecified atom stereocenters. The van der Waals surface area contributed by atoms with E-state index in [2.05, 4.69) is 54.4 Å². The number of H-pyrrole nitrogens is 1. The van der Waals surface area contributed by atoms with Gasteiger partial charge in [-0.15, -0.1) is 0 Å². The largest absolute Gasteiger partial charge is 0.361 e. The summed E-state index contributed by atoms with van der Waals surface area (Å²) in [7, 11) is 0. The van der Waals surface area contributed by atoms with Crippen molar-refractivity contribution < 1.29 is 4.52 Å². The highest BCUT2D eigenvalue weighted by molar-refractivity contribution is 5.65. The molecule has 0 bridgehead atoms. The van der Waals surface area contributed by atoms with Crippen LogP contribution in [0.25, 0.3) is 11.3 Å². The molecule has 122 valence electrons. The second-order valence-electron chi connectivity index (χ2n) is 7.54. The van der Waals surface area contributed by atoms with E-state index in [1.807, 2.05) is 6.20 Å². The lowest BCUT2D eigenvalue weighted by molar-refractivity contribution is 0.173. The van der Waals surface area contributed by atoms with Crippen LogP contribution in [-0.2, 0) is 18.3 Å². The van der Waals surface area contributed by atoms with Crippen LogP contribution in [0.4, 0.5) is 0 Å². The molecule has 0 aliphatic heterocycles. The lowest BCUT2D eigenvalue weighted by atomic mass is 9.56. The zero-order valence-electron chi connectivity index (χ0n) is 14.0. The first-order valence-electron chi connectivity index (χ1n) is 8.75. The summed E-state index contributed by atoms with van der Waals surface area (Å²) in [6.45, 7) is 4.67. The smallest absolute Gasteiger partial charge is 0.143 e. The van der Waals surface area contributed by atoms with E-state index in [0.29, 0.717) is 11.8 Å². The topological polar surface area (TPSA) is 54.7 Å². The number of nitrogens with zero attached hydrogens (tertiary/aromatic N) is 2. The minimum absolute atomic E-state index is 0.0750. The van der Waals surface area contributed by atoms with Crippen LogP contribution in [-0.4, -0.2) is 15.4 Å². The Labute approximate surface area is 141 Å². The number of hydrogen-bond donors (Lipinski definition) is 1. The number of benzene rings is 1. The van der Waals surface area contributed by atoms with Crippen LogP contribution in [0.2, 0.25) is 0 Å². The van der Waals surface area contributed by atoms with Crippen LogP contribution >= 0.6 is 0 Å². The molecule has 3 aromatic rings. The highest BCUT2D eigenvalue weighted by Crippen LogP contribution is 2.54. The van der Waals surface area contributed by atoms with Crippen molar-refractivity contribution in [3.63, 3.8) is 0 Å². The van der Waals surface area contributed by atoms with Gasteiger partial charge in [0.05, 0.1) is 11.9 Å². The summed E-state index contributed by atoms with van der Waals surface area (Å²) in [5, 5.41) is 12.2. The molecule has 4 nitrogen and oxygen atoms in total. The Morgan fingerprint density at radius 3 is 2.92 bits per heavy atom. The van der Waals surface area contributed by atoms with E-state index in [4.69, 9.17) is 9.62 Å². The monoisotopic (exact) mass is 319 g/mol. The van der Waals surface area contributed by atoms with E-state index in [1.54, 1.807) is 0 Å². The minimum Gasteiger partial charge on any atom is -0.361 e. The Morgan fingerprint density at radius 1 is 1.25 bits per heavy atom. The summed E-state index contributed by atoms with van der Waals surface area (Å²) in [6, 6.07) is 10.5. The van der Waals surface area contributed by atoms with Gasteiger partial charge in [-0.2, -0.15) is 5.10 Å². The first-order chi connectivity index (χ1) is 11.7. The molecule has 0 saturated carbocycles. The average molecular weight is 319 g/mol. The normalized spacial score (nSPS) is 28.1. The van der Waals surface area contributed by atoms with E-state index in [-0.39, 0.29) is 5.41 Å². The molecule has 2 aromatic heterocycles. The molecule has 2 heterocycles. The highest BCUT2D eigenvalue weighted by Gasteiger charge is 2.50. The maximum absolute atomic E-state index is 5.55. The lowest BCUT2D eigenvalue weighted by Gasteiger charge is -2.46. The molecule has 0 spiro atoms. The van der Waals surface area contributed by atoms with Crippen molar-refractivity contribution in [3.8, 4) is 11.3 Å². The Kier molecular flexibility index (Phi) is 2.82. The van der Waals surface area contributed by atoms with Gasteiger partial charge in [0.25, 0.3) is 0 Å². The van der Waals surface area contributed by atoms with Crippen molar-refractivity contribution >= 4 is 0 Å². The molecular weight excluding hydrogens is 298 g/mol. The van der Waals surface area contributed by atoms with Gasteiger partial charge in [0.1, 0.15) is 5.76 Å². The van der Waals surface area contributed by atoms with Crippen LogP contribution < -0.4 is 0 Å². The number of fused-ring (bicyclic) bond motifs is 4. The van der Waals surface area contributed by atoms with Crippen LogP contribution in [0.15, 0.2) is 41.1 Å². The van der Waals surface area contributed by atoms with Crippen molar-refractivity contribution in [3.05, 3.63) is 59.1 Å². The van der Waals surface area contributed by atoms with Crippen molar-refractivity contribution in [2.24, 2.45) is 5.92 Å². The Balaban J connectivity index is 1.65. The second kappa shape index (κ2) is 4.82. The molecule has 5 rings (SSSR count). The van der Waals surface area contributed by atoms with E-state index in [9.17, 15) is 0 Å². The number of nitrogens with one attached hydrogen (secondary N) is 1. The van der Waals surface area contributed by atoms with E-state index >= 15 is 0 Å². The molecule has 24 heavy (non-hydrogen) atoms. The molecule has 4 heteroatoms. The van der Waals surface area contributed by atoms with Crippen LogP contribution in [0, 0.1) is 5.92 Å². The fourth-order valence-electron chi connectivity index (χ4n) is 5.10. The third-order valence-electron chi connectivity index (χ3n) is 6.26. The van der Waals surface area contributed by atoms with Gasteiger partial charge in [-0.1, -0.05) is 49.3 Å².